The van der Waals surface area contributed by atoms with Crippen molar-refractivity contribution in [2.24, 2.45) is 0 Å². The quantitative estimate of drug-likeness (QED) is 0.151. The van der Waals surface area contributed by atoms with Gasteiger partial charge in [0.25, 0.3) is 0 Å². The normalized spacial score (nSPS) is 14.1. The lowest BCUT2D eigenvalue weighted by atomic mass is 9.70. The van der Waals surface area contributed by atoms with E-state index in [1.54, 1.807) is 0 Å². The third-order valence-electron chi connectivity index (χ3n) is 13.1. The van der Waals surface area contributed by atoms with Crippen molar-refractivity contribution in [3.05, 3.63) is 277 Å². The van der Waals surface area contributed by atoms with E-state index in [1.807, 2.05) is 0 Å². The molecule has 2 aliphatic rings. The van der Waals surface area contributed by atoms with Gasteiger partial charge in [-0.1, -0.05) is 194 Å². The molecule has 0 aliphatic heterocycles. The van der Waals surface area contributed by atoms with Crippen LogP contribution in [-0.4, -0.2) is 0 Å². The fourth-order valence-corrected chi connectivity index (χ4v) is 10.5. The highest BCUT2D eigenvalue weighted by Gasteiger charge is 2.52. The minimum atomic E-state index is -0.565. The van der Waals surface area contributed by atoms with Crippen molar-refractivity contribution in [1.82, 2.24) is 0 Å². The third kappa shape index (κ3) is 5.80. The predicted octanol–water partition coefficient (Wildman–Crippen LogP) is 16.3. The maximum atomic E-state index is 2.49. The molecule has 0 amide bonds. The van der Waals surface area contributed by atoms with E-state index in [2.05, 4.69) is 265 Å². The van der Waals surface area contributed by atoms with Gasteiger partial charge in [0, 0.05) is 33.9 Å². The molecule has 2 heteroatoms. The molecule has 1 atom stereocenters. The molecule has 0 fully saturated rings. The maximum Gasteiger partial charge on any atom is 0.0727 e. The molecule has 296 valence electrons. The highest BCUT2D eigenvalue weighted by molar-refractivity contribution is 6.02. The largest absolute Gasteiger partial charge is 0.310 e. The van der Waals surface area contributed by atoms with Crippen LogP contribution in [0.3, 0.4) is 0 Å². The summed E-state index contributed by atoms with van der Waals surface area (Å²) in [4.78, 5) is 4.88. The average molecular weight is 803 g/mol. The van der Waals surface area contributed by atoms with Crippen LogP contribution >= 0.6 is 0 Å². The number of hydrogen-bond donors (Lipinski definition) is 0. The van der Waals surface area contributed by atoms with Crippen LogP contribution in [-0.2, 0) is 5.41 Å². The summed E-state index contributed by atoms with van der Waals surface area (Å²) in [5.41, 5.74) is 21.2. The first kappa shape index (κ1) is 36.6. The molecule has 1 spiro atoms. The summed E-state index contributed by atoms with van der Waals surface area (Å²) in [7, 11) is 0. The Hall–Kier alpha value is -8.20. The van der Waals surface area contributed by atoms with Gasteiger partial charge in [-0.25, -0.2) is 0 Å². The number of rotatable bonds is 8. The minimum absolute atomic E-state index is 0.565. The Bertz CT molecular complexity index is 3270. The second kappa shape index (κ2) is 15.1. The smallest absolute Gasteiger partial charge is 0.0727 e. The van der Waals surface area contributed by atoms with Crippen LogP contribution in [0.15, 0.2) is 255 Å². The Balaban J connectivity index is 1.10. The third-order valence-corrected chi connectivity index (χ3v) is 13.1. The van der Waals surface area contributed by atoms with Gasteiger partial charge < -0.3 is 9.80 Å². The minimum Gasteiger partial charge on any atom is -0.310 e. The highest BCUT2D eigenvalue weighted by Crippen LogP contribution is 2.65. The number of anilines is 6. The van der Waals surface area contributed by atoms with Gasteiger partial charge >= 0.3 is 0 Å². The van der Waals surface area contributed by atoms with Crippen LogP contribution in [0.2, 0.25) is 0 Å². The fourth-order valence-electron chi connectivity index (χ4n) is 10.5. The van der Waals surface area contributed by atoms with Gasteiger partial charge in [0.1, 0.15) is 0 Å². The second-order valence-electron chi connectivity index (χ2n) is 16.4. The molecule has 10 aromatic carbocycles. The topological polar surface area (TPSA) is 6.48 Å². The molecule has 2 aliphatic carbocycles. The van der Waals surface area contributed by atoms with E-state index in [1.165, 1.54) is 66.8 Å². The van der Waals surface area contributed by atoms with Gasteiger partial charge in [-0.2, -0.15) is 0 Å². The highest BCUT2D eigenvalue weighted by atomic mass is 15.2. The fraction of sp³-hybridized carbons (Fsp3) is 0.0164. The molecule has 0 radical (unpaired) electrons. The second-order valence-corrected chi connectivity index (χ2v) is 16.4. The van der Waals surface area contributed by atoms with Crippen molar-refractivity contribution in [3.63, 3.8) is 0 Å². The summed E-state index contributed by atoms with van der Waals surface area (Å²) in [6.07, 6.45) is 0. The Kier molecular flexibility index (Phi) is 8.76. The Morgan fingerprint density at radius 3 is 1.33 bits per heavy atom. The van der Waals surface area contributed by atoms with Crippen LogP contribution in [0.25, 0.3) is 44.5 Å². The average Bonchev–Trinajstić information content (AvgIpc) is 3.83. The van der Waals surface area contributed by atoms with E-state index in [4.69, 9.17) is 0 Å². The molecule has 0 aromatic heterocycles. The zero-order valence-corrected chi connectivity index (χ0v) is 34.6. The standard InChI is InChI=1S/C61H42N2/c1-5-20-43(21-6-1)44-36-38-48(39-37-44)62(46-24-9-3-10-25-46)59-35-19-33-56-60(59)53-30-14-17-32-55(53)61(56)54-31-16-13-29-51(54)52-41-40-49(42-57(52)61)63(47-26-11-4-12-27-47)58-34-18-15-28-50(58)45-22-7-2-8-23-45/h1-42H. The van der Waals surface area contributed by atoms with E-state index in [-0.39, 0.29) is 0 Å². The molecule has 12 rings (SSSR count). The predicted molar refractivity (Wildman–Crippen MR) is 263 cm³/mol. The first-order chi connectivity index (χ1) is 31.3. The summed E-state index contributed by atoms with van der Waals surface area (Å²) in [6, 6.07) is 93.2. The maximum absolute atomic E-state index is 2.49. The van der Waals surface area contributed by atoms with Crippen molar-refractivity contribution in [2.45, 2.75) is 5.41 Å². The van der Waals surface area contributed by atoms with Crippen molar-refractivity contribution in [3.8, 4) is 44.5 Å². The Morgan fingerprint density at radius 2 is 0.667 bits per heavy atom. The molecule has 0 bridgehead atoms. The first-order valence-electron chi connectivity index (χ1n) is 21.8. The molecule has 0 saturated heterocycles. The van der Waals surface area contributed by atoms with Crippen LogP contribution < -0.4 is 9.80 Å². The van der Waals surface area contributed by atoms with E-state index < -0.39 is 5.41 Å². The monoisotopic (exact) mass is 802 g/mol. The zero-order valence-electron chi connectivity index (χ0n) is 34.6. The summed E-state index contributed by atoms with van der Waals surface area (Å²) in [6.45, 7) is 0. The number of benzene rings is 10. The molecule has 0 N–H and O–H groups in total. The SMILES string of the molecule is c1ccc(-c2ccc(N(c3ccccc3)c3cccc4c3-c3ccccc3C43c4ccccc4-c4ccc(N(c5ccccc5)c5ccccc5-c5ccccc5)cc43)cc2)cc1. The van der Waals surface area contributed by atoms with Crippen molar-refractivity contribution in [2.75, 3.05) is 9.80 Å². The van der Waals surface area contributed by atoms with E-state index in [9.17, 15) is 0 Å². The van der Waals surface area contributed by atoms with Gasteiger partial charge in [-0.3, -0.25) is 0 Å². The summed E-state index contributed by atoms with van der Waals surface area (Å²) in [5.74, 6) is 0. The van der Waals surface area contributed by atoms with Gasteiger partial charge in [0.05, 0.1) is 16.8 Å². The number of nitrogens with zero attached hydrogens (tertiary/aromatic N) is 2. The molecule has 63 heavy (non-hydrogen) atoms. The van der Waals surface area contributed by atoms with Crippen molar-refractivity contribution in [1.29, 1.82) is 0 Å². The molecular weight excluding hydrogens is 761 g/mol. The Labute approximate surface area is 369 Å². The molecule has 0 saturated carbocycles. The number of fused-ring (bicyclic) bond motifs is 10. The number of hydrogen-bond acceptors (Lipinski definition) is 2. The van der Waals surface area contributed by atoms with Gasteiger partial charge in [-0.15, -0.1) is 0 Å². The van der Waals surface area contributed by atoms with E-state index in [0.717, 1.165) is 34.1 Å². The van der Waals surface area contributed by atoms with Crippen LogP contribution in [0.1, 0.15) is 22.3 Å². The molecule has 10 aromatic rings. The lowest BCUT2D eigenvalue weighted by molar-refractivity contribution is 0.793. The molecule has 2 nitrogen and oxygen atoms in total. The summed E-state index contributed by atoms with van der Waals surface area (Å²) < 4.78 is 0. The molecule has 0 heterocycles. The van der Waals surface area contributed by atoms with Gasteiger partial charge in [-0.05, 0) is 116 Å². The Morgan fingerprint density at radius 1 is 0.238 bits per heavy atom. The van der Waals surface area contributed by atoms with E-state index >= 15 is 0 Å². The lowest BCUT2D eigenvalue weighted by Gasteiger charge is -2.33. The lowest BCUT2D eigenvalue weighted by Crippen LogP contribution is -2.26. The van der Waals surface area contributed by atoms with Crippen LogP contribution in [0.5, 0.6) is 0 Å². The van der Waals surface area contributed by atoms with Gasteiger partial charge in [0.2, 0.25) is 0 Å². The summed E-state index contributed by atoms with van der Waals surface area (Å²) >= 11 is 0. The van der Waals surface area contributed by atoms with Crippen LogP contribution in [0, 0.1) is 0 Å². The van der Waals surface area contributed by atoms with Gasteiger partial charge in [0.15, 0.2) is 0 Å². The van der Waals surface area contributed by atoms with Crippen molar-refractivity contribution >= 4 is 34.1 Å². The van der Waals surface area contributed by atoms with Crippen LogP contribution in [0.4, 0.5) is 34.1 Å². The first-order valence-corrected chi connectivity index (χ1v) is 21.8. The van der Waals surface area contributed by atoms with E-state index in [0.29, 0.717) is 0 Å². The number of para-hydroxylation sites is 3. The van der Waals surface area contributed by atoms with Crippen molar-refractivity contribution < 1.29 is 0 Å². The molecule has 1 unspecified atom stereocenters. The zero-order chi connectivity index (χ0) is 41.7. The molecular formula is C61H42N2. The summed E-state index contributed by atoms with van der Waals surface area (Å²) in [5, 5.41) is 0.